The maximum absolute atomic E-state index is 11.7. The van der Waals surface area contributed by atoms with E-state index in [0.29, 0.717) is 12.8 Å². The van der Waals surface area contributed by atoms with Crippen LogP contribution in [0.15, 0.2) is 12.7 Å². The lowest BCUT2D eigenvalue weighted by molar-refractivity contribution is -0.129. The Balaban J connectivity index is 2.62. The summed E-state index contributed by atoms with van der Waals surface area (Å²) in [5, 5.41) is 10.5. The number of nitrogens with one attached hydrogen (secondary N) is 2. The van der Waals surface area contributed by atoms with Crippen LogP contribution >= 0.6 is 0 Å². The Morgan fingerprint density at radius 1 is 1.63 bits per heavy atom. The molecule has 0 aromatic rings. The van der Waals surface area contributed by atoms with Crippen LogP contribution in [0.4, 0.5) is 0 Å². The number of amidine groups is 1. The lowest BCUT2D eigenvalue weighted by atomic mass is 9.84. The second kappa shape index (κ2) is 5.99. The highest BCUT2D eigenvalue weighted by Crippen LogP contribution is 2.27. The van der Waals surface area contributed by atoms with E-state index in [1.165, 1.54) is 0 Å². The normalized spacial score (nSPS) is 17.2. The van der Waals surface area contributed by atoms with Gasteiger partial charge in [0.05, 0.1) is 0 Å². The first kappa shape index (κ1) is 15.4. The van der Waals surface area contributed by atoms with Crippen molar-refractivity contribution in [3.05, 3.63) is 12.7 Å². The summed E-state index contributed by atoms with van der Waals surface area (Å²) < 4.78 is 0. The maximum Gasteiger partial charge on any atom is 0.248 e. The third kappa shape index (κ3) is 3.91. The largest absolute Gasteiger partial charge is 0.340 e. The summed E-state index contributed by atoms with van der Waals surface area (Å²) in [5.74, 6) is -0.0242. The molecule has 2 amide bonds. The van der Waals surface area contributed by atoms with Gasteiger partial charge in [-0.1, -0.05) is 20.4 Å². The average Bonchev–Trinajstić information content (AvgIpc) is 2.74. The van der Waals surface area contributed by atoms with Crippen molar-refractivity contribution in [1.29, 1.82) is 5.41 Å². The van der Waals surface area contributed by atoms with E-state index in [1.807, 2.05) is 25.7 Å². The Hall–Kier alpha value is -1.65. The minimum atomic E-state index is -0.485. The molecule has 1 aliphatic rings. The molecule has 1 fully saturated rings. The van der Waals surface area contributed by atoms with Crippen molar-refractivity contribution in [3.8, 4) is 0 Å². The number of hydrogen-bond donors (Lipinski definition) is 2. The number of likely N-dealkylation sites (tertiary alicyclic amines) is 1. The summed E-state index contributed by atoms with van der Waals surface area (Å²) in [4.78, 5) is 24.8. The number of nitrogens with zero attached hydrogens (tertiary/aromatic N) is 1. The molecule has 1 saturated heterocycles. The van der Waals surface area contributed by atoms with Crippen LogP contribution in [0.1, 0.15) is 40.0 Å². The van der Waals surface area contributed by atoms with Gasteiger partial charge in [0.25, 0.3) is 0 Å². The van der Waals surface area contributed by atoms with Crippen LogP contribution in [-0.4, -0.2) is 35.1 Å². The van der Waals surface area contributed by atoms with Gasteiger partial charge in [0.1, 0.15) is 5.84 Å². The van der Waals surface area contributed by atoms with Crippen molar-refractivity contribution in [2.24, 2.45) is 5.41 Å². The van der Waals surface area contributed by atoms with Gasteiger partial charge in [-0.2, -0.15) is 0 Å². The van der Waals surface area contributed by atoms with E-state index in [0.717, 1.165) is 19.0 Å². The van der Waals surface area contributed by atoms with E-state index in [1.54, 1.807) is 0 Å². The lowest BCUT2D eigenvalue weighted by Crippen LogP contribution is -2.44. The third-order valence-electron chi connectivity index (χ3n) is 3.56. The summed E-state index contributed by atoms with van der Waals surface area (Å²) >= 11 is 0. The molecule has 1 atom stereocenters. The fourth-order valence-electron chi connectivity index (χ4n) is 2.43. The molecule has 1 heterocycles. The second-order valence-electron chi connectivity index (χ2n) is 5.70. The molecular weight excluding hydrogens is 242 g/mol. The van der Waals surface area contributed by atoms with E-state index in [4.69, 9.17) is 5.41 Å². The van der Waals surface area contributed by atoms with Gasteiger partial charge < -0.3 is 10.2 Å². The highest BCUT2D eigenvalue weighted by molar-refractivity contribution is 6.03. The molecule has 19 heavy (non-hydrogen) atoms. The van der Waals surface area contributed by atoms with Crippen LogP contribution in [0.2, 0.25) is 0 Å². The zero-order chi connectivity index (χ0) is 14.6. The van der Waals surface area contributed by atoms with E-state index in [-0.39, 0.29) is 23.7 Å². The van der Waals surface area contributed by atoms with Crippen molar-refractivity contribution < 1.29 is 9.59 Å². The molecule has 5 nitrogen and oxygen atoms in total. The predicted molar refractivity (Wildman–Crippen MR) is 74.9 cm³/mol. The minimum Gasteiger partial charge on any atom is -0.340 e. The van der Waals surface area contributed by atoms with E-state index in [9.17, 15) is 9.59 Å². The molecule has 0 aliphatic carbocycles. The molecule has 0 spiro atoms. The fraction of sp³-hybridized carbons (Fsp3) is 0.643. The van der Waals surface area contributed by atoms with Crippen LogP contribution < -0.4 is 5.32 Å². The van der Waals surface area contributed by atoms with Crippen LogP contribution in [-0.2, 0) is 9.59 Å². The van der Waals surface area contributed by atoms with Crippen LogP contribution in [0.3, 0.4) is 0 Å². The Kier molecular flexibility index (Phi) is 4.86. The van der Waals surface area contributed by atoms with Gasteiger partial charge in [0.15, 0.2) is 0 Å². The van der Waals surface area contributed by atoms with E-state index in [2.05, 4.69) is 11.9 Å². The lowest BCUT2D eigenvalue weighted by Gasteiger charge is -2.33. The molecule has 0 aromatic heterocycles. The molecule has 1 rings (SSSR count). The smallest absolute Gasteiger partial charge is 0.248 e. The summed E-state index contributed by atoms with van der Waals surface area (Å²) in [7, 11) is 0. The van der Waals surface area contributed by atoms with Gasteiger partial charge in [-0.05, 0) is 25.8 Å². The van der Waals surface area contributed by atoms with Crippen LogP contribution in [0.5, 0.6) is 0 Å². The Bertz CT molecular complexity index is 401. The van der Waals surface area contributed by atoms with Crippen LogP contribution in [0.25, 0.3) is 0 Å². The standard InChI is InChI=1S/C14H23N3O2/c1-5-11(18)16-13(15)14(3,4)9-10(2)17-8-6-7-12(17)19/h5,10H,1,6-9H2,2-4H3,(H2,15,16,18). The van der Waals surface area contributed by atoms with Crippen LogP contribution in [0, 0.1) is 10.8 Å². The molecule has 0 radical (unpaired) electrons. The number of rotatable bonds is 5. The quantitative estimate of drug-likeness (QED) is 0.451. The first-order valence-electron chi connectivity index (χ1n) is 6.60. The Morgan fingerprint density at radius 2 is 2.26 bits per heavy atom. The highest BCUT2D eigenvalue weighted by Gasteiger charge is 2.32. The van der Waals surface area contributed by atoms with E-state index >= 15 is 0 Å². The number of hydrogen-bond acceptors (Lipinski definition) is 3. The summed E-state index contributed by atoms with van der Waals surface area (Å²) in [6, 6.07) is 0.0750. The minimum absolute atomic E-state index is 0.0750. The molecule has 0 bridgehead atoms. The van der Waals surface area contributed by atoms with Gasteiger partial charge >= 0.3 is 0 Å². The molecule has 0 aromatic carbocycles. The number of carbonyl (C=O) groups is 2. The summed E-state index contributed by atoms with van der Waals surface area (Å²) in [6.45, 7) is 9.95. The van der Waals surface area contributed by atoms with Crippen molar-refractivity contribution in [2.75, 3.05) is 6.54 Å². The number of amides is 2. The van der Waals surface area contributed by atoms with Gasteiger partial charge in [-0.25, -0.2) is 0 Å². The van der Waals surface area contributed by atoms with Gasteiger partial charge in [0, 0.05) is 24.4 Å². The predicted octanol–water partition coefficient (Wildman–Crippen LogP) is 1.69. The molecule has 1 aliphatic heterocycles. The Labute approximate surface area is 114 Å². The van der Waals surface area contributed by atoms with Gasteiger partial charge in [0.2, 0.25) is 11.8 Å². The number of carbonyl (C=O) groups excluding carboxylic acids is 2. The topological polar surface area (TPSA) is 73.3 Å². The molecule has 5 heteroatoms. The van der Waals surface area contributed by atoms with Crippen molar-refractivity contribution in [1.82, 2.24) is 10.2 Å². The molecular formula is C14H23N3O2. The summed E-state index contributed by atoms with van der Waals surface area (Å²) in [6.07, 6.45) is 3.33. The molecule has 1 unspecified atom stereocenters. The maximum atomic E-state index is 11.7. The first-order valence-corrected chi connectivity index (χ1v) is 6.60. The SMILES string of the molecule is C=CC(=O)NC(=N)C(C)(C)CC(C)N1CCCC1=O. The fourth-order valence-corrected chi connectivity index (χ4v) is 2.43. The van der Waals surface area contributed by atoms with Crippen molar-refractivity contribution >= 4 is 17.6 Å². The van der Waals surface area contributed by atoms with Crippen molar-refractivity contribution in [3.63, 3.8) is 0 Å². The zero-order valence-corrected chi connectivity index (χ0v) is 12.0. The summed E-state index contributed by atoms with van der Waals surface area (Å²) in [5.41, 5.74) is -0.485. The molecule has 0 saturated carbocycles. The van der Waals surface area contributed by atoms with E-state index < -0.39 is 5.41 Å². The molecule has 2 N–H and O–H groups in total. The average molecular weight is 265 g/mol. The Morgan fingerprint density at radius 3 is 2.74 bits per heavy atom. The second-order valence-corrected chi connectivity index (χ2v) is 5.70. The molecule has 106 valence electrons. The highest BCUT2D eigenvalue weighted by atomic mass is 16.2. The third-order valence-corrected chi connectivity index (χ3v) is 3.56. The van der Waals surface area contributed by atoms with Gasteiger partial charge in [-0.3, -0.25) is 15.0 Å². The zero-order valence-electron chi connectivity index (χ0n) is 12.0. The van der Waals surface area contributed by atoms with Gasteiger partial charge in [-0.15, -0.1) is 0 Å². The monoisotopic (exact) mass is 265 g/mol. The first-order chi connectivity index (χ1) is 8.77. The van der Waals surface area contributed by atoms with Crippen molar-refractivity contribution in [2.45, 2.75) is 46.1 Å².